The van der Waals surface area contributed by atoms with Gasteiger partial charge < -0.3 is 0 Å². The van der Waals surface area contributed by atoms with E-state index in [1.165, 1.54) is 32.8 Å². The summed E-state index contributed by atoms with van der Waals surface area (Å²) in [6.07, 6.45) is 10.9. The van der Waals surface area contributed by atoms with Crippen LogP contribution < -0.4 is 18.6 Å². The van der Waals surface area contributed by atoms with Gasteiger partial charge >= 0.3 is 17.1 Å². The van der Waals surface area contributed by atoms with Crippen molar-refractivity contribution in [2.24, 2.45) is 0 Å². The molecule has 0 aliphatic heterocycles. The van der Waals surface area contributed by atoms with Crippen molar-refractivity contribution in [1.82, 2.24) is 29.9 Å². The Hall–Kier alpha value is -5.23. The van der Waals surface area contributed by atoms with Gasteiger partial charge in [-0.05, 0) is 92.1 Å². The molecular weight excluding hydrogens is 708 g/mol. The van der Waals surface area contributed by atoms with Gasteiger partial charge in [-0.2, -0.15) is 0 Å². The van der Waals surface area contributed by atoms with Crippen LogP contribution in [-0.2, 0) is 17.1 Å². The number of pyridine rings is 6. The van der Waals surface area contributed by atoms with Crippen LogP contribution >= 0.6 is 0 Å². The Morgan fingerprint density at radius 3 is 0.843 bits per heavy atom. The molecular formula is C39H30ClFeN6O4+. The van der Waals surface area contributed by atoms with Crippen LogP contribution in [0.5, 0.6) is 0 Å². The number of aromatic nitrogens is 6. The van der Waals surface area contributed by atoms with E-state index in [9.17, 15) is 0 Å². The van der Waals surface area contributed by atoms with Gasteiger partial charge in [0.1, 0.15) is 0 Å². The van der Waals surface area contributed by atoms with Crippen molar-refractivity contribution in [2.75, 3.05) is 0 Å². The molecule has 0 bridgehead atoms. The van der Waals surface area contributed by atoms with Crippen LogP contribution in [0.1, 0.15) is 16.7 Å². The molecule has 0 spiro atoms. The molecule has 0 saturated heterocycles. The van der Waals surface area contributed by atoms with E-state index in [1.54, 1.807) is 0 Å². The summed E-state index contributed by atoms with van der Waals surface area (Å²) in [7, 11) is -4.94. The zero-order chi connectivity index (χ0) is 35.3. The number of aryl methyl sites for hydroxylation is 3. The van der Waals surface area contributed by atoms with Gasteiger partial charge in [-0.15, -0.1) is 10.2 Å². The van der Waals surface area contributed by atoms with Crippen molar-refractivity contribution in [3.8, 4) is 0 Å². The first-order valence-electron chi connectivity index (χ1n) is 15.5. The predicted molar refractivity (Wildman–Crippen MR) is 185 cm³/mol. The summed E-state index contributed by atoms with van der Waals surface area (Å²) >= 11 is 0. The minimum absolute atomic E-state index is 0. The van der Waals surface area contributed by atoms with Gasteiger partial charge in [0.05, 0.1) is 33.1 Å². The molecule has 0 aliphatic rings. The molecule has 0 unspecified atom stereocenters. The van der Waals surface area contributed by atoms with E-state index in [2.05, 4.69) is 105 Å². The third-order valence-corrected chi connectivity index (χ3v) is 8.00. The first kappa shape index (κ1) is 37.0. The second-order valence-electron chi connectivity index (χ2n) is 11.4. The van der Waals surface area contributed by atoms with Gasteiger partial charge in [0.15, 0.2) is 0 Å². The molecule has 9 aromatic rings. The molecule has 254 valence electrons. The number of nitrogens with zero attached hydrogens (tertiary/aromatic N) is 6. The predicted octanol–water partition coefficient (Wildman–Crippen LogP) is 4.52. The van der Waals surface area contributed by atoms with E-state index in [1.807, 2.05) is 73.6 Å². The molecule has 6 aromatic heterocycles. The minimum atomic E-state index is -4.94. The van der Waals surface area contributed by atoms with Crippen LogP contribution in [0.2, 0.25) is 0 Å². The molecule has 3 aromatic carbocycles. The van der Waals surface area contributed by atoms with Crippen molar-refractivity contribution < 1.29 is 45.9 Å². The third-order valence-electron chi connectivity index (χ3n) is 8.00. The number of rotatable bonds is 0. The topological polar surface area (TPSA) is 170 Å². The van der Waals surface area contributed by atoms with Crippen molar-refractivity contribution in [2.45, 2.75) is 20.8 Å². The quantitative estimate of drug-likeness (QED) is 0.159. The molecule has 0 N–H and O–H groups in total. The van der Waals surface area contributed by atoms with Crippen molar-refractivity contribution in [1.29, 1.82) is 0 Å². The number of fused-ring (bicyclic) bond motifs is 9. The molecule has 0 atom stereocenters. The summed E-state index contributed by atoms with van der Waals surface area (Å²) < 4.78 is 34.0. The average Bonchev–Trinajstić information content (AvgIpc) is 3.12. The normalized spacial score (nSPS) is 10.9. The maximum absolute atomic E-state index is 8.49. The molecule has 0 fully saturated rings. The molecule has 0 saturated carbocycles. The molecule has 9 rings (SSSR count). The average molecular weight is 738 g/mol. The number of halogens is 1. The SMILES string of the molecule is Cc1cc2cccnc2c2ncccc12.Cc1cc2cccnc2c2ncccc12.Cc1cc2cccnc2c2ncccc12.[Fe+2].[O-][Cl+3]([O-])([O-])[O-]. The van der Waals surface area contributed by atoms with Gasteiger partial charge in [0, 0.05) is 69.5 Å². The second-order valence-corrected chi connectivity index (χ2v) is 12.1. The monoisotopic (exact) mass is 737 g/mol. The largest absolute Gasteiger partial charge is 2.00 e. The Kier molecular flexibility index (Phi) is 11.8. The molecule has 0 amide bonds. The molecule has 6 heterocycles. The Morgan fingerprint density at radius 1 is 0.373 bits per heavy atom. The van der Waals surface area contributed by atoms with E-state index in [4.69, 9.17) is 18.6 Å². The van der Waals surface area contributed by atoms with Crippen molar-refractivity contribution in [3.05, 3.63) is 145 Å². The van der Waals surface area contributed by atoms with Gasteiger partial charge in [-0.1, -0.05) is 36.4 Å². The van der Waals surface area contributed by atoms with Crippen LogP contribution in [0.4, 0.5) is 0 Å². The zero-order valence-electron chi connectivity index (χ0n) is 27.7. The number of hydrogen-bond acceptors (Lipinski definition) is 10. The summed E-state index contributed by atoms with van der Waals surface area (Å²) in [6, 6.07) is 30.7. The fourth-order valence-corrected chi connectivity index (χ4v) is 5.87. The van der Waals surface area contributed by atoms with E-state index < -0.39 is 10.2 Å². The van der Waals surface area contributed by atoms with E-state index >= 15 is 0 Å². The summed E-state index contributed by atoms with van der Waals surface area (Å²) in [4.78, 5) is 26.4. The molecule has 51 heavy (non-hydrogen) atoms. The summed E-state index contributed by atoms with van der Waals surface area (Å²) in [5.41, 5.74) is 9.68. The zero-order valence-corrected chi connectivity index (χ0v) is 29.5. The Balaban J connectivity index is 0.000000138. The first-order valence-corrected chi connectivity index (χ1v) is 16.7. The van der Waals surface area contributed by atoms with E-state index in [0.29, 0.717) is 0 Å². The van der Waals surface area contributed by atoms with Gasteiger partial charge in [-0.3, -0.25) is 29.9 Å². The Bertz CT molecular complexity index is 2340. The summed E-state index contributed by atoms with van der Waals surface area (Å²) in [5, 5.41) is 7.01. The van der Waals surface area contributed by atoms with Crippen LogP contribution in [0.3, 0.4) is 0 Å². The number of hydrogen-bond donors (Lipinski definition) is 0. The van der Waals surface area contributed by atoms with Crippen LogP contribution in [0.25, 0.3) is 65.4 Å². The van der Waals surface area contributed by atoms with E-state index in [-0.39, 0.29) is 17.1 Å². The minimum Gasteiger partial charge on any atom is -0.254 e. The third kappa shape index (κ3) is 8.75. The van der Waals surface area contributed by atoms with Crippen LogP contribution in [0, 0.1) is 31.0 Å². The van der Waals surface area contributed by atoms with E-state index in [0.717, 1.165) is 49.3 Å². The van der Waals surface area contributed by atoms with Crippen molar-refractivity contribution >= 4 is 65.4 Å². The maximum Gasteiger partial charge on any atom is 2.00 e. The summed E-state index contributed by atoms with van der Waals surface area (Å²) in [5.74, 6) is 0. The molecule has 12 heteroatoms. The fraction of sp³-hybridized carbons (Fsp3) is 0.0769. The Morgan fingerprint density at radius 2 is 0.588 bits per heavy atom. The smallest absolute Gasteiger partial charge is 0.254 e. The Labute approximate surface area is 305 Å². The summed E-state index contributed by atoms with van der Waals surface area (Å²) in [6.45, 7) is 6.32. The second kappa shape index (κ2) is 16.2. The number of benzene rings is 3. The van der Waals surface area contributed by atoms with Gasteiger partial charge in [0.25, 0.3) is 0 Å². The van der Waals surface area contributed by atoms with Gasteiger partial charge in [0.2, 0.25) is 0 Å². The standard InChI is InChI=1S/3C13H10N2.ClHO4.Fe/c3*1-9-8-10-4-2-6-14-12(10)13-11(9)5-3-7-15-13;2-1(3,4)5;/h3*2-8H,1H3;(H,2,3,4,5);/q;;;;+2/p-1. The maximum atomic E-state index is 8.49. The fourth-order valence-electron chi connectivity index (χ4n) is 5.87. The van der Waals surface area contributed by atoms with Gasteiger partial charge in [-0.25, -0.2) is 18.6 Å². The molecule has 0 aliphatic carbocycles. The van der Waals surface area contributed by atoms with Crippen LogP contribution in [-0.4, -0.2) is 29.9 Å². The first-order chi connectivity index (χ1) is 24.1. The van der Waals surface area contributed by atoms with Crippen molar-refractivity contribution in [3.63, 3.8) is 0 Å². The molecule has 10 nitrogen and oxygen atoms in total. The van der Waals surface area contributed by atoms with Crippen LogP contribution in [0.15, 0.2) is 128 Å². The molecule has 0 radical (unpaired) electrons.